The number of fused-ring (bicyclic) bond motifs is 1. The van der Waals surface area contributed by atoms with E-state index in [-0.39, 0.29) is 22.2 Å². The van der Waals surface area contributed by atoms with E-state index in [0.29, 0.717) is 11.9 Å². The normalized spacial score (nSPS) is 11.8. The molecule has 1 N–H and O–H groups in total. The second-order valence-corrected chi connectivity index (χ2v) is 8.88. The molecule has 0 atom stereocenters. The zero-order chi connectivity index (χ0) is 20.1. The fourth-order valence-electron chi connectivity index (χ4n) is 3.12. The molecule has 0 saturated heterocycles. The van der Waals surface area contributed by atoms with Crippen molar-refractivity contribution in [3.05, 3.63) is 60.8 Å². The van der Waals surface area contributed by atoms with Gasteiger partial charge in [0, 0.05) is 23.6 Å². The molecule has 0 spiro atoms. The summed E-state index contributed by atoms with van der Waals surface area (Å²) in [5, 5.41) is 3.51. The van der Waals surface area contributed by atoms with Gasteiger partial charge in [-0.3, -0.25) is 4.79 Å². The van der Waals surface area contributed by atoms with E-state index in [4.69, 9.17) is 0 Å². The van der Waals surface area contributed by atoms with Crippen molar-refractivity contribution < 1.29 is 13.2 Å². The topological polar surface area (TPSA) is 71.4 Å². The predicted octanol–water partition coefficient (Wildman–Crippen LogP) is 2.54. The molecular weight excluding hydrogens is 374 g/mol. The molecule has 0 aliphatic rings. The Balaban J connectivity index is 1.86. The van der Waals surface area contributed by atoms with Gasteiger partial charge in [0.05, 0.1) is 9.79 Å². The highest BCUT2D eigenvalue weighted by atomic mass is 32.2. The molecule has 3 aromatic rings. The summed E-state index contributed by atoms with van der Waals surface area (Å²) in [6.07, 6.45) is 2.42. The first kappa shape index (κ1) is 20.1. The van der Waals surface area contributed by atoms with Crippen molar-refractivity contribution in [2.45, 2.75) is 22.8 Å². The summed E-state index contributed by atoms with van der Waals surface area (Å²) >= 11 is 0. The number of sulfone groups is 1. The molecule has 6 nitrogen and oxygen atoms in total. The minimum absolute atomic E-state index is 0.0762. The van der Waals surface area contributed by atoms with Gasteiger partial charge in [0.15, 0.2) is 0 Å². The maximum atomic E-state index is 13.1. The van der Waals surface area contributed by atoms with Crippen LogP contribution >= 0.6 is 0 Å². The Labute approximate surface area is 165 Å². The second kappa shape index (κ2) is 8.58. The number of rotatable bonds is 8. The Kier molecular flexibility index (Phi) is 6.16. The van der Waals surface area contributed by atoms with Crippen LogP contribution < -0.4 is 5.32 Å². The summed E-state index contributed by atoms with van der Waals surface area (Å²) in [5.41, 5.74) is 0.723. The fraction of sp³-hybridized carbons (Fsp3) is 0.286. The average Bonchev–Trinajstić information content (AvgIpc) is 3.05. The van der Waals surface area contributed by atoms with E-state index in [0.717, 1.165) is 18.5 Å². The van der Waals surface area contributed by atoms with E-state index in [1.165, 1.54) is 0 Å². The molecule has 0 unspecified atom stereocenters. The Morgan fingerprint density at radius 3 is 2.43 bits per heavy atom. The van der Waals surface area contributed by atoms with Gasteiger partial charge in [-0.15, -0.1) is 0 Å². The Hall–Kier alpha value is -2.64. The Morgan fingerprint density at radius 2 is 1.71 bits per heavy atom. The molecule has 0 fully saturated rings. The predicted molar refractivity (Wildman–Crippen MR) is 110 cm³/mol. The molecule has 1 amide bonds. The molecule has 148 valence electrons. The van der Waals surface area contributed by atoms with Gasteiger partial charge in [0.1, 0.15) is 6.54 Å². The maximum absolute atomic E-state index is 13.1. The number of carbonyl (C=O) groups excluding carboxylic acids is 1. The second-order valence-electron chi connectivity index (χ2n) is 6.96. The zero-order valence-corrected chi connectivity index (χ0v) is 16.9. The first-order valence-electron chi connectivity index (χ1n) is 9.19. The molecule has 7 heteroatoms. The summed E-state index contributed by atoms with van der Waals surface area (Å²) in [7, 11) is 0.308. The Bertz CT molecular complexity index is 1060. The SMILES string of the molecule is CN(C)CCCNC(=O)Cn1cc(S(=O)(=O)c2ccccc2)c2ccccc21. The highest BCUT2D eigenvalue weighted by Crippen LogP contribution is 2.30. The highest BCUT2D eigenvalue weighted by molar-refractivity contribution is 7.91. The average molecular weight is 400 g/mol. The van der Waals surface area contributed by atoms with Crippen molar-refractivity contribution >= 4 is 26.6 Å². The number of hydrogen-bond acceptors (Lipinski definition) is 4. The van der Waals surface area contributed by atoms with Crippen LogP contribution in [0.5, 0.6) is 0 Å². The highest BCUT2D eigenvalue weighted by Gasteiger charge is 2.23. The van der Waals surface area contributed by atoms with Crippen LogP contribution in [0.15, 0.2) is 70.6 Å². The molecular formula is C21H25N3O3S. The van der Waals surface area contributed by atoms with Crippen molar-refractivity contribution in [2.75, 3.05) is 27.2 Å². The van der Waals surface area contributed by atoms with E-state index in [9.17, 15) is 13.2 Å². The van der Waals surface area contributed by atoms with Gasteiger partial charge in [0.2, 0.25) is 15.7 Å². The van der Waals surface area contributed by atoms with Crippen LogP contribution in [0.1, 0.15) is 6.42 Å². The lowest BCUT2D eigenvalue weighted by atomic mass is 10.2. The van der Waals surface area contributed by atoms with Gasteiger partial charge in [-0.1, -0.05) is 36.4 Å². The molecule has 1 aromatic heterocycles. The van der Waals surface area contributed by atoms with Crippen LogP contribution in [0.3, 0.4) is 0 Å². The van der Waals surface area contributed by atoms with Crippen LogP contribution in [0.25, 0.3) is 10.9 Å². The molecule has 3 rings (SSSR count). The van der Waals surface area contributed by atoms with Gasteiger partial charge < -0.3 is 14.8 Å². The van der Waals surface area contributed by atoms with E-state index < -0.39 is 9.84 Å². The lowest BCUT2D eigenvalue weighted by Crippen LogP contribution is -2.30. The lowest BCUT2D eigenvalue weighted by molar-refractivity contribution is -0.121. The molecule has 0 aliphatic carbocycles. The molecule has 0 aliphatic heterocycles. The summed E-state index contributed by atoms with van der Waals surface area (Å²) in [4.78, 5) is 14.9. The van der Waals surface area contributed by atoms with Crippen molar-refractivity contribution in [3.8, 4) is 0 Å². The number of benzene rings is 2. The number of para-hydroxylation sites is 1. The number of amides is 1. The summed E-state index contributed by atoms with van der Waals surface area (Å²) in [5.74, 6) is -0.136. The van der Waals surface area contributed by atoms with Crippen LogP contribution in [-0.4, -0.2) is 51.0 Å². The van der Waals surface area contributed by atoms with Crippen molar-refractivity contribution in [1.29, 1.82) is 0 Å². The number of carbonyl (C=O) groups is 1. The summed E-state index contributed by atoms with van der Waals surface area (Å²) in [6.45, 7) is 1.56. The van der Waals surface area contributed by atoms with Crippen LogP contribution in [-0.2, 0) is 21.2 Å². The van der Waals surface area contributed by atoms with Gasteiger partial charge in [-0.05, 0) is 45.3 Å². The molecule has 2 aromatic carbocycles. The number of hydrogen-bond donors (Lipinski definition) is 1. The van der Waals surface area contributed by atoms with Gasteiger partial charge in [0.25, 0.3) is 0 Å². The summed E-state index contributed by atoms with van der Waals surface area (Å²) in [6, 6.07) is 15.6. The largest absolute Gasteiger partial charge is 0.355 e. The molecule has 0 saturated carbocycles. The quantitative estimate of drug-likeness (QED) is 0.591. The maximum Gasteiger partial charge on any atom is 0.239 e. The first-order chi connectivity index (χ1) is 13.4. The fourth-order valence-corrected chi connectivity index (χ4v) is 4.62. The summed E-state index contributed by atoms with van der Waals surface area (Å²) < 4.78 is 27.9. The van der Waals surface area contributed by atoms with Crippen LogP contribution in [0.4, 0.5) is 0 Å². The Morgan fingerprint density at radius 1 is 1.04 bits per heavy atom. The lowest BCUT2D eigenvalue weighted by Gasteiger charge is -2.10. The third kappa shape index (κ3) is 4.43. The van der Waals surface area contributed by atoms with E-state index in [1.54, 1.807) is 53.2 Å². The third-order valence-corrected chi connectivity index (χ3v) is 6.31. The van der Waals surface area contributed by atoms with E-state index >= 15 is 0 Å². The van der Waals surface area contributed by atoms with E-state index in [2.05, 4.69) is 10.2 Å². The molecule has 28 heavy (non-hydrogen) atoms. The molecule has 0 radical (unpaired) electrons. The van der Waals surface area contributed by atoms with Gasteiger partial charge in [-0.2, -0.15) is 0 Å². The van der Waals surface area contributed by atoms with Crippen LogP contribution in [0.2, 0.25) is 0 Å². The van der Waals surface area contributed by atoms with E-state index in [1.807, 2.05) is 26.2 Å². The van der Waals surface area contributed by atoms with Gasteiger partial charge in [-0.25, -0.2) is 8.42 Å². The molecule has 1 heterocycles. The zero-order valence-electron chi connectivity index (χ0n) is 16.1. The molecule has 0 bridgehead atoms. The van der Waals surface area contributed by atoms with Crippen LogP contribution in [0, 0.1) is 0 Å². The van der Waals surface area contributed by atoms with Crippen molar-refractivity contribution in [3.63, 3.8) is 0 Å². The standard InChI is InChI=1S/C21H25N3O3S/c1-23(2)14-8-13-22-21(25)16-24-15-20(18-11-6-7-12-19(18)24)28(26,27)17-9-4-3-5-10-17/h3-7,9-12,15H,8,13-14,16H2,1-2H3,(H,22,25). The first-order valence-corrected chi connectivity index (χ1v) is 10.7. The third-order valence-electron chi connectivity index (χ3n) is 4.51. The number of nitrogens with one attached hydrogen (secondary N) is 1. The van der Waals surface area contributed by atoms with Crippen molar-refractivity contribution in [1.82, 2.24) is 14.8 Å². The monoisotopic (exact) mass is 399 g/mol. The number of aromatic nitrogens is 1. The smallest absolute Gasteiger partial charge is 0.239 e. The van der Waals surface area contributed by atoms with Gasteiger partial charge >= 0.3 is 0 Å². The number of nitrogens with zero attached hydrogens (tertiary/aromatic N) is 2. The minimum atomic E-state index is -3.67. The minimum Gasteiger partial charge on any atom is -0.355 e. The van der Waals surface area contributed by atoms with Crippen molar-refractivity contribution in [2.24, 2.45) is 0 Å².